The molecule has 0 aliphatic heterocycles. The molecule has 2 unspecified atom stereocenters. The van der Waals surface area contributed by atoms with Crippen LogP contribution in [0.3, 0.4) is 0 Å². The third-order valence-electron chi connectivity index (χ3n) is 3.58. The van der Waals surface area contributed by atoms with Crippen LogP contribution in [-0.4, -0.2) is 35.1 Å². The van der Waals surface area contributed by atoms with Crippen LogP contribution in [0.5, 0.6) is 0 Å². The van der Waals surface area contributed by atoms with E-state index in [0.717, 1.165) is 6.42 Å². The second-order valence-electron chi connectivity index (χ2n) is 5.33. The van der Waals surface area contributed by atoms with E-state index in [9.17, 15) is 0 Å². The minimum atomic E-state index is 0.379. The molecule has 0 radical (unpaired) electrons. The van der Waals surface area contributed by atoms with Crippen LogP contribution >= 0.6 is 0 Å². The van der Waals surface area contributed by atoms with Crippen molar-refractivity contribution >= 4 is 17.8 Å². The van der Waals surface area contributed by atoms with E-state index >= 15 is 0 Å². The van der Waals surface area contributed by atoms with E-state index in [-0.39, 0.29) is 0 Å². The molecular formula is C12H23N7. The van der Waals surface area contributed by atoms with Gasteiger partial charge in [0, 0.05) is 20.1 Å². The van der Waals surface area contributed by atoms with Crippen molar-refractivity contribution < 1.29 is 0 Å². The second-order valence-corrected chi connectivity index (χ2v) is 5.33. The molecule has 1 aliphatic rings. The highest BCUT2D eigenvalue weighted by atomic mass is 15.4. The van der Waals surface area contributed by atoms with Crippen LogP contribution in [0.15, 0.2) is 0 Å². The number of nitrogens with one attached hydrogen (secondary N) is 2. The minimum Gasteiger partial charge on any atom is -0.351 e. The monoisotopic (exact) mass is 265 g/mol. The summed E-state index contributed by atoms with van der Waals surface area (Å²) in [6.07, 6.45) is 4.99. The van der Waals surface area contributed by atoms with Crippen LogP contribution in [0.25, 0.3) is 0 Å². The fourth-order valence-corrected chi connectivity index (χ4v) is 2.39. The minimum absolute atomic E-state index is 0.379. The Hall–Kier alpha value is -1.63. The molecule has 106 valence electrons. The lowest BCUT2D eigenvalue weighted by molar-refractivity contribution is 0.348. The molecule has 1 aromatic rings. The van der Waals surface area contributed by atoms with Crippen LogP contribution in [0.1, 0.15) is 32.6 Å². The van der Waals surface area contributed by atoms with Crippen molar-refractivity contribution in [3.8, 4) is 0 Å². The van der Waals surface area contributed by atoms with Gasteiger partial charge in [0.25, 0.3) is 0 Å². The molecule has 7 nitrogen and oxygen atoms in total. The van der Waals surface area contributed by atoms with Crippen molar-refractivity contribution in [1.82, 2.24) is 15.0 Å². The molecular weight excluding hydrogens is 242 g/mol. The lowest BCUT2D eigenvalue weighted by Gasteiger charge is -2.29. The number of nitrogens with two attached hydrogens (primary N) is 1. The van der Waals surface area contributed by atoms with Gasteiger partial charge in [-0.05, 0) is 18.8 Å². The highest BCUT2D eigenvalue weighted by molar-refractivity contribution is 5.42. The zero-order valence-corrected chi connectivity index (χ0v) is 11.8. The Kier molecular flexibility index (Phi) is 4.36. The number of anilines is 3. The van der Waals surface area contributed by atoms with Crippen LogP contribution in [-0.2, 0) is 0 Å². The second kappa shape index (κ2) is 6.01. The Morgan fingerprint density at radius 1 is 1.11 bits per heavy atom. The topological polar surface area (TPSA) is 92.0 Å². The molecule has 1 saturated carbocycles. The standard InChI is InChI=1S/C12H23N7/c1-8-6-4-5-7-9(8)14-10-15-11(18-13)17-12(16-10)19(2)3/h8-9H,4-7,13H2,1-3H3,(H2,14,15,16,17,18). The molecule has 1 aromatic heterocycles. The predicted octanol–water partition coefficient (Wildman–Crippen LogP) is 1.21. The first kappa shape index (κ1) is 13.8. The van der Waals surface area contributed by atoms with E-state index in [1.807, 2.05) is 19.0 Å². The number of nitrogen functional groups attached to an aromatic ring is 1. The summed E-state index contributed by atoms with van der Waals surface area (Å²) in [5, 5.41) is 3.42. The van der Waals surface area contributed by atoms with Gasteiger partial charge in [0.15, 0.2) is 0 Å². The van der Waals surface area contributed by atoms with Crippen molar-refractivity contribution in [3.63, 3.8) is 0 Å². The summed E-state index contributed by atoms with van der Waals surface area (Å²) in [5.74, 6) is 7.60. The Balaban J connectivity index is 2.16. The Labute approximate surface area is 114 Å². The molecule has 0 saturated heterocycles. The van der Waals surface area contributed by atoms with Gasteiger partial charge in [0.2, 0.25) is 17.8 Å². The first-order valence-corrected chi connectivity index (χ1v) is 6.76. The fourth-order valence-electron chi connectivity index (χ4n) is 2.39. The van der Waals surface area contributed by atoms with Gasteiger partial charge in [-0.2, -0.15) is 15.0 Å². The van der Waals surface area contributed by atoms with Crippen molar-refractivity contribution in [2.45, 2.75) is 38.6 Å². The van der Waals surface area contributed by atoms with Gasteiger partial charge >= 0.3 is 0 Å². The van der Waals surface area contributed by atoms with Gasteiger partial charge in [-0.25, -0.2) is 5.84 Å². The highest BCUT2D eigenvalue weighted by Crippen LogP contribution is 2.26. The predicted molar refractivity (Wildman–Crippen MR) is 77.0 cm³/mol. The molecule has 0 spiro atoms. The van der Waals surface area contributed by atoms with Gasteiger partial charge in [-0.1, -0.05) is 19.8 Å². The largest absolute Gasteiger partial charge is 0.351 e. The van der Waals surface area contributed by atoms with Gasteiger partial charge in [-0.15, -0.1) is 0 Å². The molecule has 0 bridgehead atoms. The van der Waals surface area contributed by atoms with Crippen molar-refractivity contribution in [2.24, 2.45) is 11.8 Å². The Bertz CT molecular complexity index is 421. The third kappa shape index (κ3) is 3.44. The highest BCUT2D eigenvalue weighted by Gasteiger charge is 2.22. The zero-order valence-electron chi connectivity index (χ0n) is 11.8. The number of nitrogens with zero attached hydrogens (tertiary/aromatic N) is 4. The molecule has 0 amide bonds. The molecule has 1 aliphatic carbocycles. The SMILES string of the molecule is CC1CCCCC1Nc1nc(NN)nc(N(C)C)n1. The normalized spacial score (nSPS) is 22.9. The molecule has 2 rings (SSSR count). The van der Waals surface area contributed by atoms with Crippen molar-refractivity contribution in [2.75, 3.05) is 29.7 Å². The summed E-state index contributed by atoms with van der Waals surface area (Å²) < 4.78 is 0. The van der Waals surface area contributed by atoms with Crippen LogP contribution in [0.2, 0.25) is 0 Å². The third-order valence-corrected chi connectivity index (χ3v) is 3.58. The number of hydrogen-bond donors (Lipinski definition) is 3. The number of hydrazine groups is 1. The van der Waals surface area contributed by atoms with E-state index in [4.69, 9.17) is 5.84 Å². The molecule has 7 heteroatoms. The van der Waals surface area contributed by atoms with Gasteiger partial charge < -0.3 is 10.2 Å². The van der Waals surface area contributed by atoms with Gasteiger partial charge in [0.1, 0.15) is 0 Å². The average Bonchev–Trinajstić information content (AvgIpc) is 2.41. The number of rotatable bonds is 4. The lowest BCUT2D eigenvalue weighted by atomic mass is 9.86. The molecule has 1 heterocycles. The first-order valence-electron chi connectivity index (χ1n) is 6.76. The summed E-state index contributed by atoms with van der Waals surface area (Å²) in [5.41, 5.74) is 2.48. The van der Waals surface area contributed by atoms with E-state index in [1.165, 1.54) is 19.3 Å². The average molecular weight is 265 g/mol. The molecule has 0 aromatic carbocycles. The quantitative estimate of drug-likeness (QED) is 0.556. The maximum atomic E-state index is 5.40. The number of aromatic nitrogens is 3. The van der Waals surface area contributed by atoms with Crippen molar-refractivity contribution in [1.29, 1.82) is 0 Å². The maximum absolute atomic E-state index is 5.40. The first-order chi connectivity index (χ1) is 9.10. The molecule has 1 fully saturated rings. The van der Waals surface area contributed by atoms with Crippen LogP contribution in [0.4, 0.5) is 17.8 Å². The lowest BCUT2D eigenvalue weighted by Crippen LogP contribution is -2.31. The molecule has 2 atom stereocenters. The van der Waals surface area contributed by atoms with E-state index in [0.29, 0.717) is 29.8 Å². The van der Waals surface area contributed by atoms with Gasteiger partial charge in [-0.3, -0.25) is 5.43 Å². The van der Waals surface area contributed by atoms with E-state index in [1.54, 1.807) is 0 Å². The van der Waals surface area contributed by atoms with Gasteiger partial charge in [0.05, 0.1) is 0 Å². The zero-order chi connectivity index (χ0) is 13.8. The van der Waals surface area contributed by atoms with Crippen LogP contribution < -0.4 is 21.5 Å². The summed E-state index contributed by atoms with van der Waals surface area (Å²) in [6, 6.07) is 0.428. The Morgan fingerprint density at radius 3 is 2.42 bits per heavy atom. The summed E-state index contributed by atoms with van der Waals surface area (Å²) in [4.78, 5) is 14.7. The Morgan fingerprint density at radius 2 is 1.79 bits per heavy atom. The maximum Gasteiger partial charge on any atom is 0.243 e. The summed E-state index contributed by atoms with van der Waals surface area (Å²) in [7, 11) is 3.78. The summed E-state index contributed by atoms with van der Waals surface area (Å²) in [6.45, 7) is 2.27. The van der Waals surface area contributed by atoms with E-state index in [2.05, 4.69) is 32.6 Å². The summed E-state index contributed by atoms with van der Waals surface area (Å²) >= 11 is 0. The van der Waals surface area contributed by atoms with E-state index < -0.39 is 0 Å². The fraction of sp³-hybridized carbons (Fsp3) is 0.750. The molecule has 19 heavy (non-hydrogen) atoms. The van der Waals surface area contributed by atoms with Crippen LogP contribution in [0, 0.1) is 5.92 Å². The number of hydrogen-bond acceptors (Lipinski definition) is 7. The smallest absolute Gasteiger partial charge is 0.243 e. The van der Waals surface area contributed by atoms with Crippen molar-refractivity contribution in [3.05, 3.63) is 0 Å². The molecule has 4 N–H and O–H groups in total.